The van der Waals surface area contributed by atoms with Crippen LogP contribution in [-0.4, -0.2) is 7.05 Å². The molecule has 1 atom stereocenters. The molecule has 0 fully saturated rings. The molecule has 2 aromatic carbocycles. The maximum absolute atomic E-state index is 13.3. The van der Waals surface area contributed by atoms with Gasteiger partial charge in [0, 0.05) is 8.95 Å². The molecule has 2 aromatic rings. The summed E-state index contributed by atoms with van der Waals surface area (Å²) in [5.74, 6) is -0.221. The van der Waals surface area contributed by atoms with Gasteiger partial charge in [-0.15, -0.1) is 0 Å². The SMILES string of the molecule is CNC(c1cccc(F)c1)c1ccc(Br)cc1Br. The summed E-state index contributed by atoms with van der Waals surface area (Å²) in [6.45, 7) is 0. The maximum atomic E-state index is 13.3. The Labute approximate surface area is 123 Å². The lowest BCUT2D eigenvalue weighted by Crippen LogP contribution is -2.18. The standard InChI is InChI=1S/C14H12Br2FN/c1-18-14(9-3-2-4-11(17)7-9)12-6-5-10(15)8-13(12)16/h2-8,14,18H,1H3. The molecular formula is C14H12Br2FN. The van der Waals surface area contributed by atoms with Crippen LogP contribution in [0.4, 0.5) is 4.39 Å². The number of hydrogen-bond acceptors (Lipinski definition) is 1. The molecule has 94 valence electrons. The van der Waals surface area contributed by atoms with Crippen molar-refractivity contribution in [2.45, 2.75) is 6.04 Å². The molecule has 1 N–H and O–H groups in total. The lowest BCUT2D eigenvalue weighted by atomic mass is 9.99. The first-order chi connectivity index (χ1) is 8.61. The molecule has 0 saturated carbocycles. The highest BCUT2D eigenvalue weighted by atomic mass is 79.9. The summed E-state index contributed by atoms with van der Waals surface area (Å²) in [6, 6.07) is 12.6. The molecule has 2 rings (SSSR count). The summed E-state index contributed by atoms with van der Waals surface area (Å²) in [4.78, 5) is 0. The van der Waals surface area contributed by atoms with Crippen LogP contribution < -0.4 is 5.32 Å². The Bertz CT molecular complexity index is 557. The number of benzene rings is 2. The van der Waals surface area contributed by atoms with Crippen molar-refractivity contribution < 1.29 is 4.39 Å². The monoisotopic (exact) mass is 371 g/mol. The van der Waals surface area contributed by atoms with Gasteiger partial charge in [-0.2, -0.15) is 0 Å². The van der Waals surface area contributed by atoms with E-state index in [9.17, 15) is 4.39 Å². The zero-order chi connectivity index (χ0) is 13.1. The van der Waals surface area contributed by atoms with Crippen molar-refractivity contribution in [2.24, 2.45) is 0 Å². The molecule has 0 bridgehead atoms. The van der Waals surface area contributed by atoms with Crippen LogP contribution >= 0.6 is 31.9 Å². The van der Waals surface area contributed by atoms with Gasteiger partial charge >= 0.3 is 0 Å². The highest BCUT2D eigenvalue weighted by Crippen LogP contribution is 2.30. The molecule has 0 radical (unpaired) electrons. The number of halogens is 3. The van der Waals surface area contributed by atoms with E-state index < -0.39 is 0 Å². The Hall–Kier alpha value is -0.710. The Morgan fingerprint density at radius 1 is 1.11 bits per heavy atom. The fourth-order valence-corrected chi connectivity index (χ4v) is 3.20. The molecule has 0 spiro atoms. The molecule has 0 saturated heterocycles. The van der Waals surface area contributed by atoms with E-state index in [1.165, 1.54) is 6.07 Å². The van der Waals surface area contributed by atoms with Gasteiger partial charge in [-0.1, -0.05) is 50.1 Å². The normalized spacial score (nSPS) is 12.4. The van der Waals surface area contributed by atoms with E-state index in [0.717, 1.165) is 20.1 Å². The fraction of sp³-hybridized carbons (Fsp3) is 0.143. The number of rotatable bonds is 3. The fourth-order valence-electron chi connectivity index (χ4n) is 1.92. The minimum Gasteiger partial charge on any atom is -0.309 e. The van der Waals surface area contributed by atoms with Crippen LogP contribution in [0.15, 0.2) is 51.4 Å². The highest BCUT2D eigenvalue weighted by Gasteiger charge is 2.15. The summed E-state index contributed by atoms with van der Waals surface area (Å²) in [7, 11) is 1.87. The van der Waals surface area contributed by atoms with Gasteiger partial charge in [0.15, 0.2) is 0 Å². The van der Waals surface area contributed by atoms with Crippen LogP contribution in [0.2, 0.25) is 0 Å². The van der Waals surface area contributed by atoms with Crippen LogP contribution in [-0.2, 0) is 0 Å². The van der Waals surface area contributed by atoms with Gasteiger partial charge < -0.3 is 5.32 Å². The zero-order valence-electron chi connectivity index (χ0n) is 9.75. The first-order valence-corrected chi connectivity index (χ1v) is 7.08. The Balaban J connectivity index is 2.45. The van der Waals surface area contributed by atoms with Crippen molar-refractivity contribution in [3.8, 4) is 0 Å². The van der Waals surface area contributed by atoms with E-state index in [1.54, 1.807) is 12.1 Å². The Morgan fingerprint density at radius 2 is 1.89 bits per heavy atom. The first-order valence-electron chi connectivity index (χ1n) is 5.49. The van der Waals surface area contributed by atoms with Crippen LogP contribution in [0.3, 0.4) is 0 Å². The van der Waals surface area contributed by atoms with Gasteiger partial charge in [0.1, 0.15) is 5.82 Å². The van der Waals surface area contributed by atoms with Gasteiger partial charge in [-0.25, -0.2) is 4.39 Å². The van der Waals surface area contributed by atoms with E-state index in [0.29, 0.717) is 0 Å². The van der Waals surface area contributed by atoms with Crippen LogP contribution in [0.25, 0.3) is 0 Å². The number of hydrogen-bond donors (Lipinski definition) is 1. The second-order valence-corrected chi connectivity index (χ2v) is 5.71. The molecule has 0 heterocycles. The van der Waals surface area contributed by atoms with Gasteiger partial charge in [-0.05, 0) is 42.4 Å². The van der Waals surface area contributed by atoms with Crippen molar-refractivity contribution in [1.29, 1.82) is 0 Å². The molecule has 0 aliphatic heterocycles. The van der Waals surface area contributed by atoms with Gasteiger partial charge in [0.25, 0.3) is 0 Å². The third-order valence-corrected chi connectivity index (χ3v) is 3.92. The topological polar surface area (TPSA) is 12.0 Å². The van der Waals surface area contributed by atoms with E-state index >= 15 is 0 Å². The average molecular weight is 373 g/mol. The second kappa shape index (κ2) is 5.95. The van der Waals surface area contributed by atoms with Crippen LogP contribution in [0.1, 0.15) is 17.2 Å². The summed E-state index contributed by atoms with van der Waals surface area (Å²) in [5.41, 5.74) is 1.98. The summed E-state index contributed by atoms with van der Waals surface area (Å²) < 4.78 is 15.3. The molecule has 0 aromatic heterocycles. The molecular weight excluding hydrogens is 361 g/mol. The van der Waals surface area contributed by atoms with E-state index in [2.05, 4.69) is 37.2 Å². The first kappa shape index (κ1) is 13.7. The van der Waals surface area contributed by atoms with Gasteiger partial charge in [0.05, 0.1) is 6.04 Å². The molecule has 0 amide bonds. The lowest BCUT2D eigenvalue weighted by molar-refractivity contribution is 0.616. The van der Waals surface area contributed by atoms with Crippen molar-refractivity contribution in [1.82, 2.24) is 5.32 Å². The summed E-state index contributed by atoms with van der Waals surface area (Å²) in [5, 5.41) is 3.21. The van der Waals surface area contributed by atoms with Crippen molar-refractivity contribution in [3.05, 3.63) is 68.4 Å². The molecule has 0 aliphatic rings. The minimum absolute atomic E-state index is 0.0387. The Morgan fingerprint density at radius 3 is 2.50 bits per heavy atom. The quantitative estimate of drug-likeness (QED) is 0.826. The third-order valence-electron chi connectivity index (χ3n) is 2.74. The van der Waals surface area contributed by atoms with Gasteiger partial charge in [0.2, 0.25) is 0 Å². The molecule has 1 unspecified atom stereocenters. The second-order valence-electron chi connectivity index (χ2n) is 3.94. The third kappa shape index (κ3) is 2.99. The summed E-state index contributed by atoms with van der Waals surface area (Å²) >= 11 is 6.97. The predicted molar refractivity (Wildman–Crippen MR) is 79.1 cm³/mol. The smallest absolute Gasteiger partial charge is 0.123 e. The number of nitrogens with one attached hydrogen (secondary N) is 1. The van der Waals surface area contributed by atoms with E-state index in [-0.39, 0.29) is 11.9 Å². The van der Waals surface area contributed by atoms with Crippen LogP contribution in [0.5, 0.6) is 0 Å². The van der Waals surface area contributed by atoms with Crippen molar-refractivity contribution in [2.75, 3.05) is 7.05 Å². The van der Waals surface area contributed by atoms with E-state index in [4.69, 9.17) is 0 Å². The Kier molecular flexibility index (Phi) is 4.54. The lowest BCUT2D eigenvalue weighted by Gasteiger charge is -2.19. The molecule has 0 aliphatic carbocycles. The molecule has 18 heavy (non-hydrogen) atoms. The van der Waals surface area contributed by atoms with Gasteiger partial charge in [-0.3, -0.25) is 0 Å². The molecule has 4 heteroatoms. The van der Waals surface area contributed by atoms with Crippen LogP contribution in [0, 0.1) is 5.82 Å². The average Bonchev–Trinajstić information content (AvgIpc) is 2.33. The highest BCUT2D eigenvalue weighted by molar-refractivity contribution is 9.11. The summed E-state index contributed by atoms with van der Waals surface area (Å²) in [6.07, 6.45) is 0. The predicted octanol–water partition coefficient (Wildman–Crippen LogP) is 4.66. The zero-order valence-corrected chi connectivity index (χ0v) is 12.9. The molecule has 1 nitrogen and oxygen atoms in total. The van der Waals surface area contributed by atoms with Crippen molar-refractivity contribution in [3.63, 3.8) is 0 Å². The van der Waals surface area contributed by atoms with Crippen molar-refractivity contribution >= 4 is 31.9 Å². The van der Waals surface area contributed by atoms with E-state index in [1.807, 2.05) is 31.3 Å². The maximum Gasteiger partial charge on any atom is 0.123 e. The minimum atomic E-state index is -0.221. The largest absolute Gasteiger partial charge is 0.309 e.